The van der Waals surface area contributed by atoms with Crippen LogP contribution in [-0.2, 0) is 11.3 Å². The Hall–Kier alpha value is -2.66. The average Bonchev–Trinajstić information content (AvgIpc) is 2.71. The lowest BCUT2D eigenvalue weighted by molar-refractivity contribution is -0.0619. The second-order valence-corrected chi connectivity index (χ2v) is 7.49. The van der Waals surface area contributed by atoms with Crippen LogP contribution in [0.3, 0.4) is 0 Å². The molecule has 0 unspecified atom stereocenters. The molecule has 1 fully saturated rings. The summed E-state index contributed by atoms with van der Waals surface area (Å²) in [5.74, 6) is 0.860. The number of hydroxylamine groups is 3. The van der Waals surface area contributed by atoms with Crippen LogP contribution in [0.15, 0.2) is 49.2 Å². The molecule has 148 valence electrons. The Labute approximate surface area is 167 Å². The van der Waals surface area contributed by atoms with Crippen LogP contribution in [0.2, 0.25) is 0 Å². The Morgan fingerprint density at radius 3 is 2.57 bits per heavy atom. The van der Waals surface area contributed by atoms with Gasteiger partial charge < -0.3 is 14.6 Å². The fraction of sp³-hybridized carbons (Fsp3) is 0.391. The molecule has 4 rings (SSSR count). The predicted octanol–water partition coefficient (Wildman–Crippen LogP) is 4.25. The topological polar surface area (TPSA) is 28.2 Å². The molecule has 2 aromatic rings. The number of hydrogen-bond donors (Lipinski definition) is 0. The quantitative estimate of drug-likeness (QED) is 0.725. The van der Waals surface area contributed by atoms with Crippen molar-refractivity contribution in [2.45, 2.75) is 26.7 Å². The third-order valence-electron chi connectivity index (χ3n) is 5.72. The summed E-state index contributed by atoms with van der Waals surface area (Å²) in [6.07, 6.45) is 3.64. The van der Waals surface area contributed by atoms with E-state index >= 15 is 0 Å². The number of hydrogen-bond acceptors (Lipinski definition) is 5. The molecular weight excluding hydrogens is 350 g/mol. The highest BCUT2D eigenvalue weighted by Gasteiger charge is 2.22. The molecule has 0 amide bonds. The largest absolute Gasteiger partial charge is 0.406 e. The van der Waals surface area contributed by atoms with Gasteiger partial charge in [0.2, 0.25) is 0 Å². The van der Waals surface area contributed by atoms with Crippen molar-refractivity contribution in [3.63, 3.8) is 0 Å². The number of rotatable bonds is 5. The highest BCUT2D eigenvalue weighted by molar-refractivity contribution is 5.58. The van der Waals surface area contributed by atoms with E-state index in [1.165, 1.54) is 28.6 Å². The maximum absolute atomic E-state index is 6.18. The Bertz CT molecular complexity index is 844. The molecule has 0 radical (unpaired) electrons. The average molecular weight is 380 g/mol. The van der Waals surface area contributed by atoms with Crippen molar-refractivity contribution in [3.8, 4) is 5.75 Å². The normalized spacial score (nSPS) is 17.2. The van der Waals surface area contributed by atoms with Gasteiger partial charge in [0.05, 0.1) is 25.3 Å². The van der Waals surface area contributed by atoms with Crippen LogP contribution >= 0.6 is 0 Å². The fourth-order valence-corrected chi connectivity index (χ4v) is 4.02. The van der Waals surface area contributed by atoms with Crippen LogP contribution in [0.4, 0.5) is 11.4 Å². The van der Waals surface area contributed by atoms with Gasteiger partial charge in [0.15, 0.2) is 0 Å². The monoisotopic (exact) mass is 379 g/mol. The van der Waals surface area contributed by atoms with E-state index in [1.54, 1.807) is 0 Å². The molecular formula is C23H29N3O2. The van der Waals surface area contributed by atoms with E-state index in [0.717, 1.165) is 57.0 Å². The molecule has 2 aliphatic heterocycles. The van der Waals surface area contributed by atoms with Crippen molar-refractivity contribution in [1.82, 2.24) is 5.06 Å². The van der Waals surface area contributed by atoms with E-state index < -0.39 is 0 Å². The van der Waals surface area contributed by atoms with Gasteiger partial charge in [0, 0.05) is 24.8 Å². The summed E-state index contributed by atoms with van der Waals surface area (Å²) in [5.41, 5.74) is 6.42. The summed E-state index contributed by atoms with van der Waals surface area (Å²) in [4.78, 5) is 14.2. The van der Waals surface area contributed by atoms with Crippen LogP contribution < -0.4 is 14.8 Å². The van der Waals surface area contributed by atoms with Crippen molar-refractivity contribution >= 4 is 11.4 Å². The lowest BCUT2D eigenvalue weighted by Gasteiger charge is -2.36. The Kier molecular flexibility index (Phi) is 5.44. The summed E-state index contributed by atoms with van der Waals surface area (Å²) in [5, 5.41) is 3.96. The third kappa shape index (κ3) is 3.80. The fourth-order valence-electron chi connectivity index (χ4n) is 4.02. The van der Waals surface area contributed by atoms with Gasteiger partial charge in [-0.3, -0.25) is 0 Å². The maximum Gasteiger partial charge on any atom is 0.149 e. The summed E-state index contributed by atoms with van der Waals surface area (Å²) < 4.78 is 0. The van der Waals surface area contributed by atoms with Crippen molar-refractivity contribution < 1.29 is 9.68 Å². The molecule has 0 aliphatic carbocycles. The zero-order valence-corrected chi connectivity index (χ0v) is 16.9. The second kappa shape index (κ2) is 8.15. The molecule has 0 bridgehead atoms. The summed E-state index contributed by atoms with van der Waals surface area (Å²) in [7, 11) is 0. The van der Waals surface area contributed by atoms with E-state index in [9.17, 15) is 0 Å². The maximum atomic E-state index is 6.18. The molecule has 0 atom stereocenters. The van der Waals surface area contributed by atoms with Gasteiger partial charge in [-0.25, -0.2) is 5.06 Å². The van der Waals surface area contributed by atoms with Crippen LogP contribution in [0.25, 0.3) is 0 Å². The zero-order valence-electron chi connectivity index (χ0n) is 16.9. The lowest BCUT2D eigenvalue weighted by atomic mass is 10.0. The zero-order chi connectivity index (χ0) is 19.5. The first-order valence-corrected chi connectivity index (χ1v) is 10.1. The summed E-state index contributed by atoms with van der Waals surface area (Å²) in [6.45, 7) is 12.6. The molecule has 2 aliphatic rings. The Morgan fingerprint density at radius 2 is 1.79 bits per heavy atom. The molecule has 0 spiro atoms. The summed E-state index contributed by atoms with van der Waals surface area (Å²) in [6, 6.07) is 12.8. The third-order valence-corrected chi connectivity index (χ3v) is 5.72. The second-order valence-electron chi connectivity index (χ2n) is 7.49. The van der Waals surface area contributed by atoms with Crippen molar-refractivity contribution in [1.29, 1.82) is 0 Å². The number of fused-ring (bicyclic) bond motifs is 1. The number of anilines is 2. The number of benzene rings is 2. The van der Waals surface area contributed by atoms with Crippen molar-refractivity contribution in [3.05, 3.63) is 65.9 Å². The molecule has 0 saturated carbocycles. The van der Waals surface area contributed by atoms with Crippen LogP contribution in [-0.4, -0.2) is 37.8 Å². The van der Waals surface area contributed by atoms with E-state index in [2.05, 4.69) is 66.8 Å². The van der Waals surface area contributed by atoms with Crippen LogP contribution in [0.5, 0.6) is 5.75 Å². The van der Waals surface area contributed by atoms with Gasteiger partial charge in [-0.15, -0.1) is 5.06 Å². The minimum absolute atomic E-state index is 0.860. The van der Waals surface area contributed by atoms with Gasteiger partial charge in [-0.05, 0) is 55.5 Å². The van der Waals surface area contributed by atoms with Gasteiger partial charge >= 0.3 is 0 Å². The molecule has 0 aromatic heterocycles. The molecule has 28 heavy (non-hydrogen) atoms. The SMILES string of the molecule is C=CON1CCCc2ccc(ON3CCN(c4cccc(C)c4C)CC3)cc21. The standard InChI is InChI=1S/C23H29N3O2/c1-4-27-26-12-6-8-20-10-11-21(17-23(20)26)28-25-15-13-24(14-16-25)22-9-5-7-18(2)19(22)3/h4-5,7,9-11,17H,1,6,8,12-16H2,2-3H3. The first-order valence-electron chi connectivity index (χ1n) is 10.1. The minimum Gasteiger partial charge on any atom is -0.406 e. The number of aryl methyl sites for hydroxylation is 2. The van der Waals surface area contributed by atoms with Crippen LogP contribution in [0.1, 0.15) is 23.1 Å². The molecule has 1 saturated heterocycles. The van der Waals surface area contributed by atoms with Gasteiger partial charge in [0.25, 0.3) is 0 Å². The van der Waals surface area contributed by atoms with E-state index in [4.69, 9.17) is 9.68 Å². The van der Waals surface area contributed by atoms with Crippen molar-refractivity contribution in [2.75, 3.05) is 42.7 Å². The van der Waals surface area contributed by atoms with Crippen LogP contribution in [0, 0.1) is 13.8 Å². The molecule has 2 heterocycles. The highest BCUT2D eigenvalue weighted by atomic mass is 16.7. The Balaban J connectivity index is 1.41. The summed E-state index contributed by atoms with van der Waals surface area (Å²) >= 11 is 0. The first kappa shape index (κ1) is 18.7. The molecule has 2 aromatic carbocycles. The highest BCUT2D eigenvalue weighted by Crippen LogP contribution is 2.32. The Morgan fingerprint density at radius 1 is 0.964 bits per heavy atom. The first-order chi connectivity index (χ1) is 13.7. The van der Waals surface area contributed by atoms with Crippen molar-refractivity contribution in [2.24, 2.45) is 0 Å². The minimum atomic E-state index is 0.860. The van der Waals surface area contributed by atoms with Gasteiger partial charge in [-0.1, -0.05) is 24.8 Å². The van der Waals surface area contributed by atoms with E-state index in [1.807, 2.05) is 5.06 Å². The molecule has 5 heteroatoms. The van der Waals surface area contributed by atoms with E-state index in [-0.39, 0.29) is 0 Å². The lowest BCUT2D eigenvalue weighted by Crippen LogP contribution is -2.48. The smallest absolute Gasteiger partial charge is 0.149 e. The molecule has 0 N–H and O–H groups in total. The van der Waals surface area contributed by atoms with Gasteiger partial charge in [0.1, 0.15) is 12.0 Å². The molecule has 5 nitrogen and oxygen atoms in total. The number of nitrogens with zero attached hydrogens (tertiary/aromatic N) is 3. The number of piperazine rings is 1. The van der Waals surface area contributed by atoms with E-state index in [0.29, 0.717) is 0 Å². The predicted molar refractivity (Wildman–Crippen MR) is 114 cm³/mol. The van der Waals surface area contributed by atoms with Gasteiger partial charge in [-0.2, -0.15) is 0 Å².